The van der Waals surface area contributed by atoms with Crippen LogP contribution in [-0.2, 0) is 6.18 Å². The summed E-state index contributed by atoms with van der Waals surface area (Å²) in [4.78, 5) is 2.61. The van der Waals surface area contributed by atoms with Crippen molar-refractivity contribution in [2.75, 3.05) is 5.32 Å². The van der Waals surface area contributed by atoms with Crippen molar-refractivity contribution >= 4 is 39.6 Å². The van der Waals surface area contributed by atoms with Gasteiger partial charge in [0.25, 0.3) is 0 Å². The number of hydrogen-bond acceptors (Lipinski definition) is 3. The Kier molecular flexibility index (Phi) is 4.60. The highest BCUT2D eigenvalue weighted by atomic mass is 32.1. The van der Waals surface area contributed by atoms with Crippen molar-refractivity contribution in [1.29, 1.82) is 0 Å². The number of hydrogen-bond donors (Lipinski definition) is 3. The molecule has 3 rings (SSSR count). The summed E-state index contributed by atoms with van der Waals surface area (Å²) in [5, 5.41) is 20.1. The van der Waals surface area contributed by atoms with Crippen LogP contribution < -0.4 is 5.32 Å². The Morgan fingerprint density at radius 2 is 1.81 bits per heavy atom. The summed E-state index contributed by atoms with van der Waals surface area (Å²) in [6.07, 6.45) is -4.43. The topological polar surface area (TPSA) is 72.8 Å². The van der Waals surface area contributed by atoms with Gasteiger partial charge >= 0.3 is 6.18 Å². The molecule has 0 amide bonds. The van der Waals surface area contributed by atoms with E-state index in [4.69, 9.17) is 12.2 Å². The van der Waals surface area contributed by atoms with E-state index in [0.29, 0.717) is 10.9 Å². The third-order valence-electron chi connectivity index (χ3n) is 3.42. The number of anilines is 1. The standard InChI is InChI=1S/C16H10F4N4OS/c17-9-3-6-12-11(7-9)13(14(25)22-12)23-24-15(26)21-10-4-1-8(2-5-10)16(18,19)20/h1-7,22,25H,(H,21,26). The van der Waals surface area contributed by atoms with Gasteiger partial charge in [-0.15, -0.1) is 10.2 Å². The first-order chi connectivity index (χ1) is 12.2. The van der Waals surface area contributed by atoms with Crippen LogP contribution in [0.5, 0.6) is 5.88 Å². The van der Waals surface area contributed by atoms with Gasteiger partial charge in [-0.3, -0.25) is 0 Å². The minimum Gasteiger partial charge on any atom is -0.493 e. The number of aromatic amines is 1. The molecule has 0 saturated heterocycles. The summed E-state index contributed by atoms with van der Waals surface area (Å²) in [6.45, 7) is 0. The maximum Gasteiger partial charge on any atom is 0.416 e. The number of aromatic nitrogens is 1. The van der Waals surface area contributed by atoms with Crippen LogP contribution in [0.3, 0.4) is 0 Å². The molecule has 0 saturated carbocycles. The third kappa shape index (κ3) is 3.80. The zero-order chi connectivity index (χ0) is 18.9. The lowest BCUT2D eigenvalue weighted by atomic mass is 10.2. The summed E-state index contributed by atoms with van der Waals surface area (Å²) in [5.74, 6) is -0.829. The fraction of sp³-hybridized carbons (Fsp3) is 0.0625. The van der Waals surface area contributed by atoms with Crippen molar-refractivity contribution in [3.05, 3.63) is 53.8 Å². The molecule has 0 atom stereocenters. The van der Waals surface area contributed by atoms with Crippen molar-refractivity contribution < 1.29 is 22.7 Å². The van der Waals surface area contributed by atoms with Crippen LogP contribution in [0, 0.1) is 5.82 Å². The predicted molar refractivity (Wildman–Crippen MR) is 92.1 cm³/mol. The molecule has 0 radical (unpaired) electrons. The average Bonchev–Trinajstić information content (AvgIpc) is 2.87. The lowest BCUT2D eigenvalue weighted by Gasteiger charge is -2.08. The van der Waals surface area contributed by atoms with Gasteiger partial charge in [-0.1, -0.05) is 0 Å². The molecule has 0 aliphatic rings. The van der Waals surface area contributed by atoms with E-state index in [9.17, 15) is 22.7 Å². The SMILES string of the molecule is Oc1[nH]c2ccc(F)cc2c1N=NC(=S)Nc1ccc(C(F)(F)F)cc1. The van der Waals surface area contributed by atoms with Crippen molar-refractivity contribution in [1.82, 2.24) is 4.98 Å². The quantitative estimate of drug-likeness (QED) is 0.311. The van der Waals surface area contributed by atoms with Gasteiger partial charge in [0.2, 0.25) is 11.0 Å². The van der Waals surface area contributed by atoms with Gasteiger partial charge in [-0.2, -0.15) is 13.2 Å². The van der Waals surface area contributed by atoms with E-state index in [2.05, 4.69) is 20.5 Å². The Bertz CT molecular complexity index is 996. The number of fused-ring (bicyclic) bond motifs is 1. The molecule has 5 nitrogen and oxygen atoms in total. The van der Waals surface area contributed by atoms with E-state index in [-0.39, 0.29) is 22.4 Å². The lowest BCUT2D eigenvalue weighted by molar-refractivity contribution is -0.137. The molecule has 26 heavy (non-hydrogen) atoms. The Morgan fingerprint density at radius 3 is 2.46 bits per heavy atom. The molecule has 0 aliphatic heterocycles. The number of rotatable bonds is 2. The van der Waals surface area contributed by atoms with Crippen LogP contribution in [-0.4, -0.2) is 15.2 Å². The van der Waals surface area contributed by atoms with Crippen molar-refractivity contribution in [3.8, 4) is 5.88 Å². The molecular formula is C16H10F4N4OS. The highest BCUT2D eigenvalue weighted by Gasteiger charge is 2.29. The number of benzene rings is 2. The summed E-state index contributed by atoms with van der Waals surface area (Å²) >= 11 is 4.95. The highest BCUT2D eigenvalue weighted by molar-refractivity contribution is 7.80. The molecule has 1 aromatic heterocycles. The largest absolute Gasteiger partial charge is 0.493 e. The normalized spacial score (nSPS) is 12.0. The number of halogens is 4. The maximum absolute atomic E-state index is 13.3. The Morgan fingerprint density at radius 1 is 1.12 bits per heavy atom. The summed E-state index contributed by atoms with van der Waals surface area (Å²) in [5.41, 5.74) is -0.0481. The summed E-state index contributed by atoms with van der Waals surface area (Å²) in [6, 6.07) is 8.02. The maximum atomic E-state index is 13.3. The van der Waals surface area contributed by atoms with E-state index in [1.165, 1.54) is 30.3 Å². The molecule has 0 bridgehead atoms. The van der Waals surface area contributed by atoms with Gasteiger partial charge < -0.3 is 15.4 Å². The zero-order valence-corrected chi connectivity index (χ0v) is 13.6. The fourth-order valence-corrected chi connectivity index (χ4v) is 2.38. The Hall–Kier alpha value is -3.01. The fourth-order valence-electron chi connectivity index (χ4n) is 2.22. The Labute approximate surface area is 149 Å². The second-order valence-electron chi connectivity index (χ2n) is 5.22. The van der Waals surface area contributed by atoms with Crippen molar-refractivity contribution in [3.63, 3.8) is 0 Å². The molecule has 0 fully saturated rings. The van der Waals surface area contributed by atoms with E-state index < -0.39 is 17.6 Å². The van der Waals surface area contributed by atoms with E-state index >= 15 is 0 Å². The summed E-state index contributed by atoms with van der Waals surface area (Å²) in [7, 11) is 0. The molecular weight excluding hydrogens is 372 g/mol. The number of H-pyrrole nitrogens is 1. The first kappa shape index (κ1) is 17.8. The van der Waals surface area contributed by atoms with Gasteiger partial charge in [0, 0.05) is 11.1 Å². The van der Waals surface area contributed by atoms with Crippen LogP contribution in [0.15, 0.2) is 52.7 Å². The van der Waals surface area contributed by atoms with Crippen LogP contribution in [0.1, 0.15) is 5.56 Å². The number of alkyl halides is 3. The van der Waals surface area contributed by atoms with Crippen molar-refractivity contribution in [2.24, 2.45) is 10.2 Å². The number of azo groups is 1. The molecule has 0 aliphatic carbocycles. The van der Waals surface area contributed by atoms with E-state index in [0.717, 1.165) is 12.1 Å². The molecule has 1 heterocycles. The second-order valence-corrected chi connectivity index (χ2v) is 5.60. The molecule has 3 aromatic rings. The van der Waals surface area contributed by atoms with Crippen LogP contribution in [0.4, 0.5) is 28.9 Å². The van der Waals surface area contributed by atoms with Crippen LogP contribution in [0.25, 0.3) is 10.9 Å². The van der Waals surface area contributed by atoms with Crippen LogP contribution in [0.2, 0.25) is 0 Å². The monoisotopic (exact) mass is 382 g/mol. The first-order valence-electron chi connectivity index (χ1n) is 7.14. The number of nitrogens with one attached hydrogen (secondary N) is 2. The Balaban J connectivity index is 1.76. The number of aromatic hydroxyl groups is 1. The molecule has 10 heteroatoms. The van der Waals surface area contributed by atoms with Gasteiger partial charge in [0.15, 0.2) is 5.69 Å². The number of thiocarbonyl (C=S) groups is 1. The second kappa shape index (κ2) is 6.71. The molecule has 0 unspecified atom stereocenters. The zero-order valence-electron chi connectivity index (χ0n) is 12.8. The summed E-state index contributed by atoms with van der Waals surface area (Å²) < 4.78 is 50.9. The predicted octanol–water partition coefficient (Wildman–Crippen LogP) is 5.51. The first-order valence-corrected chi connectivity index (χ1v) is 7.55. The minimum atomic E-state index is -4.43. The lowest BCUT2D eigenvalue weighted by Crippen LogP contribution is -2.07. The minimum absolute atomic E-state index is 0.00364. The van der Waals surface area contributed by atoms with Crippen molar-refractivity contribution in [2.45, 2.75) is 6.18 Å². The molecule has 134 valence electrons. The van der Waals surface area contributed by atoms with E-state index in [1.54, 1.807) is 0 Å². The third-order valence-corrected chi connectivity index (χ3v) is 3.60. The van der Waals surface area contributed by atoms with E-state index in [1.807, 2.05) is 0 Å². The van der Waals surface area contributed by atoms with Gasteiger partial charge in [0.05, 0.1) is 11.1 Å². The number of nitrogens with zero attached hydrogens (tertiary/aromatic N) is 2. The highest BCUT2D eigenvalue weighted by Crippen LogP contribution is 2.36. The molecule has 3 N–H and O–H groups in total. The van der Waals surface area contributed by atoms with Crippen LogP contribution >= 0.6 is 12.2 Å². The molecule has 0 spiro atoms. The van der Waals surface area contributed by atoms with Gasteiger partial charge in [0.1, 0.15) is 5.82 Å². The molecule has 2 aromatic carbocycles. The van der Waals surface area contributed by atoms with Gasteiger partial charge in [-0.05, 0) is 54.7 Å². The average molecular weight is 382 g/mol. The smallest absolute Gasteiger partial charge is 0.416 e. The van der Waals surface area contributed by atoms with Gasteiger partial charge in [-0.25, -0.2) is 4.39 Å².